The highest BCUT2D eigenvalue weighted by molar-refractivity contribution is 7.25. The first-order chi connectivity index (χ1) is 30.5. The summed E-state index contributed by atoms with van der Waals surface area (Å²) in [6, 6.07) is 72.5. The van der Waals surface area contributed by atoms with Crippen LogP contribution in [-0.4, -0.2) is 4.57 Å². The van der Waals surface area contributed by atoms with Gasteiger partial charge in [0.05, 0.1) is 5.69 Å². The Hall–Kier alpha value is -6.94. The molecule has 0 unspecified atom stereocenters. The van der Waals surface area contributed by atoms with Crippen molar-refractivity contribution < 1.29 is 0 Å². The first-order valence-electron chi connectivity index (χ1n) is 22.1. The lowest BCUT2D eigenvalue weighted by molar-refractivity contribution is 0.660. The van der Waals surface area contributed by atoms with E-state index in [0.717, 1.165) is 41.4 Å². The summed E-state index contributed by atoms with van der Waals surface area (Å²) in [6.45, 7) is 4.83. The van der Waals surface area contributed by atoms with Gasteiger partial charge in [-0.25, -0.2) is 0 Å². The summed E-state index contributed by atoms with van der Waals surface area (Å²) in [5.41, 5.74) is 19.2. The fraction of sp³-hybridized carbons (Fsp3) is 0.119. The maximum absolute atomic E-state index is 2.52. The van der Waals surface area contributed by atoms with Crippen LogP contribution in [0.4, 0.5) is 17.2 Å². The Morgan fingerprint density at radius 1 is 0.484 bits per heavy atom. The monoisotopic (exact) mass is 814 g/mol. The molecule has 298 valence electrons. The number of hydrogen-bond acceptors (Lipinski definition) is 2. The van der Waals surface area contributed by atoms with Crippen LogP contribution in [0.5, 0.6) is 0 Å². The molecule has 2 heterocycles. The van der Waals surface area contributed by atoms with Crippen LogP contribution in [0, 0.1) is 0 Å². The minimum absolute atomic E-state index is 0.194. The van der Waals surface area contributed by atoms with Gasteiger partial charge in [-0.1, -0.05) is 147 Å². The zero-order valence-electron chi connectivity index (χ0n) is 35.1. The standard InChI is InChI=1S/C59H46N2S/c1-59(2)52-26-13-11-24-50(52)58-51(47-25-15-19-41-18-9-10-22-46(41)47)37-45(38-53(58)59)60(44-31-28-40(29-32-44)39-16-5-3-6-17-39)57-35-34-54(61(57)43-20-7-4-8-21-43)42-30-33-49-48-23-12-14-27-55(48)62-56(49)36-42/h3-8,11-17,19-21,23-38H,9-10,18,22H2,1-2H3. The Morgan fingerprint density at radius 3 is 2.03 bits per heavy atom. The molecule has 0 saturated carbocycles. The molecule has 0 atom stereocenters. The molecule has 0 fully saturated rings. The summed E-state index contributed by atoms with van der Waals surface area (Å²) < 4.78 is 5.09. The quantitative estimate of drug-likeness (QED) is 0.156. The Morgan fingerprint density at radius 2 is 1.18 bits per heavy atom. The molecule has 0 radical (unpaired) electrons. The van der Waals surface area contributed by atoms with Crippen LogP contribution in [0.25, 0.3) is 70.5 Å². The van der Waals surface area contributed by atoms with E-state index in [0.29, 0.717) is 0 Å². The van der Waals surface area contributed by atoms with Gasteiger partial charge in [0.1, 0.15) is 5.82 Å². The van der Waals surface area contributed by atoms with Crippen LogP contribution in [0.15, 0.2) is 194 Å². The Balaban J connectivity index is 1.13. The van der Waals surface area contributed by atoms with E-state index < -0.39 is 0 Å². The second-order valence-electron chi connectivity index (χ2n) is 17.5. The number of rotatable bonds is 7. The van der Waals surface area contributed by atoms with Crippen LogP contribution in [0.2, 0.25) is 0 Å². The summed E-state index contributed by atoms with van der Waals surface area (Å²) in [6.07, 6.45) is 4.75. The highest BCUT2D eigenvalue weighted by atomic mass is 32.1. The van der Waals surface area contributed by atoms with E-state index in [1.165, 1.54) is 94.2 Å². The van der Waals surface area contributed by atoms with Gasteiger partial charge in [0.15, 0.2) is 0 Å². The van der Waals surface area contributed by atoms with Crippen LogP contribution in [-0.2, 0) is 18.3 Å². The summed E-state index contributed by atoms with van der Waals surface area (Å²) in [4.78, 5) is 2.52. The molecule has 2 aromatic heterocycles. The van der Waals surface area contributed by atoms with Crippen molar-refractivity contribution in [3.63, 3.8) is 0 Å². The van der Waals surface area contributed by atoms with E-state index in [9.17, 15) is 0 Å². The van der Waals surface area contributed by atoms with Crippen molar-refractivity contribution in [2.24, 2.45) is 0 Å². The number of nitrogens with zero attached hydrogens (tertiary/aromatic N) is 2. The summed E-state index contributed by atoms with van der Waals surface area (Å²) in [7, 11) is 0. The number of benzene rings is 8. The number of para-hydroxylation sites is 1. The second kappa shape index (κ2) is 14.6. The average Bonchev–Trinajstić information content (AvgIpc) is 4.00. The molecule has 0 bridgehead atoms. The van der Waals surface area contributed by atoms with Gasteiger partial charge in [-0.15, -0.1) is 11.3 Å². The normalized spacial score (nSPS) is 13.8. The Kier molecular flexibility index (Phi) is 8.69. The zero-order valence-corrected chi connectivity index (χ0v) is 35.9. The number of thiophene rings is 1. The first-order valence-corrected chi connectivity index (χ1v) is 22.9. The predicted octanol–water partition coefficient (Wildman–Crippen LogP) is 16.5. The first kappa shape index (κ1) is 36.9. The summed E-state index contributed by atoms with van der Waals surface area (Å²) in [5, 5.41) is 2.63. The minimum Gasteiger partial charge on any atom is -0.296 e. The van der Waals surface area contributed by atoms with Crippen molar-refractivity contribution in [1.29, 1.82) is 0 Å². The van der Waals surface area contributed by atoms with Crippen LogP contribution < -0.4 is 4.90 Å². The van der Waals surface area contributed by atoms with E-state index in [2.05, 4.69) is 217 Å². The fourth-order valence-corrected chi connectivity index (χ4v) is 11.7. The second-order valence-corrected chi connectivity index (χ2v) is 18.6. The smallest absolute Gasteiger partial charge is 0.122 e. The highest BCUT2D eigenvalue weighted by Gasteiger charge is 2.38. The maximum atomic E-state index is 2.52. The van der Waals surface area contributed by atoms with Crippen LogP contribution in [0.3, 0.4) is 0 Å². The number of anilines is 3. The highest BCUT2D eigenvalue weighted by Crippen LogP contribution is 2.55. The topological polar surface area (TPSA) is 8.17 Å². The summed E-state index contributed by atoms with van der Waals surface area (Å²) >= 11 is 1.87. The lowest BCUT2D eigenvalue weighted by Gasteiger charge is -2.31. The van der Waals surface area contributed by atoms with E-state index in [-0.39, 0.29) is 5.41 Å². The fourth-order valence-electron chi connectivity index (χ4n) is 10.6. The largest absolute Gasteiger partial charge is 0.296 e. The van der Waals surface area contributed by atoms with Gasteiger partial charge in [-0.2, -0.15) is 0 Å². The van der Waals surface area contributed by atoms with E-state index in [1.807, 2.05) is 11.3 Å². The molecule has 2 aliphatic carbocycles. The van der Waals surface area contributed by atoms with Crippen molar-refractivity contribution in [2.75, 3.05) is 4.90 Å². The van der Waals surface area contributed by atoms with Crippen molar-refractivity contribution >= 4 is 48.7 Å². The molecule has 12 rings (SSSR count). The SMILES string of the molecule is CC1(C)c2ccccc2-c2c(-c3cccc4c3CCCC4)cc(N(c3ccc(-c4ccccc4)cc3)c3ccc(-c4ccc5c(c4)sc4ccccc45)n3-c3ccccc3)cc21. The molecule has 2 nitrogen and oxygen atoms in total. The van der Waals surface area contributed by atoms with Crippen molar-refractivity contribution in [2.45, 2.75) is 44.9 Å². The van der Waals surface area contributed by atoms with Gasteiger partial charge in [0.25, 0.3) is 0 Å². The molecule has 0 saturated heterocycles. The van der Waals surface area contributed by atoms with Crippen LogP contribution in [0.1, 0.15) is 48.9 Å². The third-order valence-corrected chi connectivity index (χ3v) is 14.8. The van der Waals surface area contributed by atoms with E-state index in [4.69, 9.17) is 0 Å². The average molecular weight is 815 g/mol. The number of aromatic nitrogens is 1. The van der Waals surface area contributed by atoms with Gasteiger partial charge < -0.3 is 0 Å². The van der Waals surface area contributed by atoms with Gasteiger partial charge in [0.2, 0.25) is 0 Å². The lowest BCUT2D eigenvalue weighted by atomic mass is 9.80. The Labute approximate surface area is 368 Å². The number of hydrogen-bond donors (Lipinski definition) is 0. The van der Waals surface area contributed by atoms with Crippen molar-refractivity contribution in [3.05, 3.63) is 216 Å². The van der Waals surface area contributed by atoms with Crippen LogP contribution >= 0.6 is 11.3 Å². The third-order valence-electron chi connectivity index (χ3n) is 13.6. The minimum atomic E-state index is -0.194. The molecule has 0 N–H and O–H groups in total. The van der Waals surface area contributed by atoms with Gasteiger partial charge in [-0.3, -0.25) is 9.47 Å². The van der Waals surface area contributed by atoms with Gasteiger partial charge in [-0.05, 0) is 142 Å². The third kappa shape index (κ3) is 5.90. The number of aryl methyl sites for hydroxylation is 1. The predicted molar refractivity (Wildman–Crippen MR) is 264 cm³/mol. The molecule has 10 aromatic rings. The molecule has 0 spiro atoms. The molecular formula is C59H46N2S. The van der Waals surface area contributed by atoms with Gasteiger partial charge in [0, 0.05) is 48.2 Å². The molecule has 3 heteroatoms. The van der Waals surface area contributed by atoms with Gasteiger partial charge >= 0.3 is 0 Å². The number of fused-ring (bicyclic) bond motifs is 7. The molecule has 8 aromatic carbocycles. The summed E-state index contributed by atoms with van der Waals surface area (Å²) in [5.74, 6) is 1.09. The zero-order chi connectivity index (χ0) is 41.4. The van der Waals surface area contributed by atoms with E-state index in [1.54, 1.807) is 0 Å². The maximum Gasteiger partial charge on any atom is 0.122 e. The van der Waals surface area contributed by atoms with E-state index >= 15 is 0 Å². The van der Waals surface area contributed by atoms with Crippen molar-refractivity contribution in [1.82, 2.24) is 4.57 Å². The molecule has 62 heavy (non-hydrogen) atoms. The Bertz CT molecular complexity index is 3310. The molecular weight excluding hydrogens is 769 g/mol. The van der Waals surface area contributed by atoms with Crippen molar-refractivity contribution in [3.8, 4) is 50.3 Å². The lowest BCUT2D eigenvalue weighted by Crippen LogP contribution is -2.18. The molecule has 0 aliphatic heterocycles. The molecule has 2 aliphatic rings. The molecule has 0 amide bonds.